The highest BCUT2D eigenvalue weighted by atomic mass is 16.5. The molecule has 0 saturated carbocycles. The molecule has 8 heteroatoms. The third-order valence-corrected chi connectivity index (χ3v) is 1.91. The standard InChI is InChI=1S/C10H10N6O2/c1-7(17)18-9-4-2-3-8(5-9)6-12-16-10(11)13-14-15-16/h2-6H,1H3,(H2,11,13,15). The van der Waals surface area contributed by atoms with Crippen molar-refractivity contribution in [3.05, 3.63) is 29.8 Å². The van der Waals surface area contributed by atoms with Crippen molar-refractivity contribution >= 4 is 18.1 Å². The van der Waals surface area contributed by atoms with Crippen LogP contribution in [0.1, 0.15) is 12.5 Å². The minimum Gasteiger partial charge on any atom is -0.427 e. The number of carbonyl (C=O) groups excluding carboxylic acids is 1. The molecule has 92 valence electrons. The van der Waals surface area contributed by atoms with Gasteiger partial charge in [0.25, 0.3) is 5.95 Å². The lowest BCUT2D eigenvalue weighted by Gasteiger charge is -2.01. The van der Waals surface area contributed by atoms with E-state index in [0.29, 0.717) is 5.75 Å². The maximum Gasteiger partial charge on any atom is 0.308 e. The predicted octanol–water partition coefficient (Wildman–Crippen LogP) is 0.0628. The minimum absolute atomic E-state index is 0.0855. The summed E-state index contributed by atoms with van der Waals surface area (Å²) in [6.45, 7) is 1.34. The van der Waals surface area contributed by atoms with Gasteiger partial charge in [0.05, 0.1) is 6.21 Å². The van der Waals surface area contributed by atoms with Gasteiger partial charge >= 0.3 is 5.97 Å². The first-order valence-electron chi connectivity index (χ1n) is 5.02. The summed E-state index contributed by atoms with van der Waals surface area (Å²) in [7, 11) is 0. The van der Waals surface area contributed by atoms with Crippen LogP contribution in [-0.4, -0.2) is 32.5 Å². The maximum absolute atomic E-state index is 10.8. The number of nitrogen functional groups attached to an aromatic ring is 1. The molecule has 0 radical (unpaired) electrons. The largest absolute Gasteiger partial charge is 0.427 e. The molecule has 0 spiro atoms. The Morgan fingerprint density at radius 2 is 2.39 bits per heavy atom. The van der Waals surface area contributed by atoms with Crippen molar-refractivity contribution in [3.8, 4) is 5.75 Å². The molecule has 1 heterocycles. The molecular formula is C10H10N6O2. The predicted molar refractivity (Wildman–Crippen MR) is 63.0 cm³/mol. The molecule has 1 aromatic heterocycles. The number of tetrazole rings is 1. The number of rotatable bonds is 3. The van der Waals surface area contributed by atoms with Gasteiger partial charge in [0.2, 0.25) is 0 Å². The molecule has 18 heavy (non-hydrogen) atoms. The van der Waals surface area contributed by atoms with Crippen molar-refractivity contribution in [1.29, 1.82) is 0 Å². The average Bonchev–Trinajstić information content (AvgIpc) is 2.72. The molecule has 0 fully saturated rings. The van der Waals surface area contributed by atoms with E-state index in [2.05, 4.69) is 20.6 Å². The van der Waals surface area contributed by atoms with E-state index in [1.165, 1.54) is 13.1 Å². The first-order valence-corrected chi connectivity index (χ1v) is 5.02. The summed E-state index contributed by atoms with van der Waals surface area (Å²) < 4.78 is 4.94. The van der Waals surface area contributed by atoms with Gasteiger partial charge in [-0.25, -0.2) is 0 Å². The summed E-state index contributed by atoms with van der Waals surface area (Å²) in [5, 5.41) is 14.3. The SMILES string of the molecule is CC(=O)Oc1cccc(C=Nn2nnnc2N)c1. The molecule has 1 aromatic carbocycles. The molecule has 0 aliphatic carbocycles. The van der Waals surface area contributed by atoms with Crippen molar-refractivity contribution < 1.29 is 9.53 Å². The van der Waals surface area contributed by atoms with Crippen molar-refractivity contribution in [2.75, 3.05) is 5.73 Å². The fourth-order valence-corrected chi connectivity index (χ4v) is 1.22. The lowest BCUT2D eigenvalue weighted by Crippen LogP contribution is -2.02. The molecule has 2 rings (SSSR count). The summed E-state index contributed by atoms with van der Waals surface area (Å²) in [5.41, 5.74) is 6.17. The topological polar surface area (TPSA) is 108 Å². The number of ether oxygens (including phenoxy) is 1. The van der Waals surface area contributed by atoms with Crippen LogP contribution in [0.3, 0.4) is 0 Å². The van der Waals surface area contributed by atoms with Gasteiger partial charge in [0, 0.05) is 6.92 Å². The van der Waals surface area contributed by atoms with E-state index in [9.17, 15) is 4.79 Å². The van der Waals surface area contributed by atoms with Gasteiger partial charge in [-0.2, -0.15) is 5.10 Å². The van der Waals surface area contributed by atoms with E-state index in [0.717, 1.165) is 10.4 Å². The number of esters is 1. The van der Waals surface area contributed by atoms with Crippen LogP contribution in [0.25, 0.3) is 0 Å². The number of nitrogens with zero attached hydrogens (tertiary/aromatic N) is 5. The minimum atomic E-state index is -0.381. The summed E-state index contributed by atoms with van der Waals surface area (Å²) >= 11 is 0. The third-order valence-electron chi connectivity index (χ3n) is 1.91. The highest BCUT2D eigenvalue weighted by Gasteiger charge is 1.99. The second-order valence-corrected chi connectivity index (χ2v) is 3.34. The number of hydrogen-bond donors (Lipinski definition) is 1. The quantitative estimate of drug-likeness (QED) is 0.466. The number of hydrogen-bond acceptors (Lipinski definition) is 7. The van der Waals surface area contributed by atoms with Crippen molar-refractivity contribution in [2.45, 2.75) is 6.92 Å². The Labute approximate surface area is 102 Å². The van der Waals surface area contributed by atoms with E-state index >= 15 is 0 Å². The smallest absolute Gasteiger partial charge is 0.308 e. The second-order valence-electron chi connectivity index (χ2n) is 3.34. The molecule has 0 saturated heterocycles. The number of aromatic nitrogens is 4. The summed E-state index contributed by atoms with van der Waals surface area (Å²) in [6, 6.07) is 6.86. The molecule has 0 atom stereocenters. The molecule has 0 aliphatic heterocycles. The van der Waals surface area contributed by atoms with Gasteiger partial charge in [-0.3, -0.25) is 4.79 Å². The van der Waals surface area contributed by atoms with Crippen LogP contribution < -0.4 is 10.5 Å². The van der Waals surface area contributed by atoms with Crippen molar-refractivity contribution in [1.82, 2.24) is 20.3 Å². The van der Waals surface area contributed by atoms with E-state index in [1.807, 2.05) is 0 Å². The summed E-state index contributed by atoms with van der Waals surface area (Å²) in [6.07, 6.45) is 1.50. The zero-order valence-electron chi connectivity index (χ0n) is 9.52. The van der Waals surface area contributed by atoms with Gasteiger partial charge in [-0.1, -0.05) is 22.0 Å². The van der Waals surface area contributed by atoms with Crippen LogP contribution >= 0.6 is 0 Å². The zero-order chi connectivity index (χ0) is 13.0. The Morgan fingerprint density at radius 3 is 3.06 bits per heavy atom. The number of benzene rings is 1. The number of anilines is 1. The van der Waals surface area contributed by atoms with E-state index in [-0.39, 0.29) is 11.9 Å². The average molecular weight is 246 g/mol. The maximum atomic E-state index is 10.8. The van der Waals surface area contributed by atoms with Crippen molar-refractivity contribution in [2.24, 2.45) is 5.10 Å². The number of carbonyl (C=O) groups is 1. The van der Waals surface area contributed by atoms with Crippen LogP contribution in [0.15, 0.2) is 29.4 Å². The van der Waals surface area contributed by atoms with E-state index in [4.69, 9.17) is 10.5 Å². The fraction of sp³-hybridized carbons (Fsp3) is 0.100. The number of nitrogens with two attached hydrogens (primary N) is 1. The molecule has 8 nitrogen and oxygen atoms in total. The second kappa shape index (κ2) is 5.04. The van der Waals surface area contributed by atoms with E-state index in [1.54, 1.807) is 24.3 Å². The summed E-state index contributed by atoms with van der Waals surface area (Å²) in [4.78, 5) is 11.9. The highest BCUT2D eigenvalue weighted by Crippen LogP contribution is 2.12. The van der Waals surface area contributed by atoms with Gasteiger partial charge in [0.1, 0.15) is 5.75 Å². The van der Waals surface area contributed by atoms with Crippen LogP contribution in [-0.2, 0) is 4.79 Å². The first-order chi connectivity index (χ1) is 8.65. The molecule has 2 aromatic rings. The normalized spacial score (nSPS) is 10.7. The Bertz CT molecular complexity index is 592. The molecule has 0 amide bonds. The Kier molecular flexibility index (Phi) is 3.28. The van der Waals surface area contributed by atoms with Crippen LogP contribution in [0.4, 0.5) is 5.95 Å². The monoisotopic (exact) mass is 246 g/mol. The molecule has 0 aliphatic rings. The molecule has 0 bridgehead atoms. The molecule has 2 N–H and O–H groups in total. The van der Waals surface area contributed by atoms with Gasteiger partial charge in [0.15, 0.2) is 0 Å². The molecular weight excluding hydrogens is 236 g/mol. The Hall–Kier alpha value is -2.77. The summed E-state index contributed by atoms with van der Waals surface area (Å²) in [5.74, 6) is 0.146. The van der Waals surface area contributed by atoms with E-state index < -0.39 is 0 Å². The van der Waals surface area contributed by atoms with Gasteiger partial charge in [-0.05, 0) is 28.1 Å². The van der Waals surface area contributed by atoms with Crippen LogP contribution in [0, 0.1) is 0 Å². The third kappa shape index (κ3) is 2.88. The highest BCUT2D eigenvalue weighted by molar-refractivity contribution is 5.80. The molecule has 0 unspecified atom stereocenters. The van der Waals surface area contributed by atoms with Gasteiger partial charge < -0.3 is 10.5 Å². The first kappa shape index (κ1) is 11.7. The fourth-order valence-electron chi connectivity index (χ4n) is 1.22. The van der Waals surface area contributed by atoms with Gasteiger partial charge in [-0.15, -0.1) is 0 Å². The lowest BCUT2D eigenvalue weighted by molar-refractivity contribution is -0.131. The Balaban J connectivity index is 2.17. The lowest BCUT2D eigenvalue weighted by atomic mass is 10.2. The van der Waals surface area contributed by atoms with Crippen molar-refractivity contribution in [3.63, 3.8) is 0 Å². The Morgan fingerprint density at radius 1 is 1.56 bits per heavy atom. The zero-order valence-corrected chi connectivity index (χ0v) is 9.52. The van der Waals surface area contributed by atoms with Crippen LogP contribution in [0.5, 0.6) is 5.75 Å². The van der Waals surface area contributed by atoms with Crippen LogP contribution in [0.2, 0.25) is 0 Å².